The Morgan fingerprint density at radius 1 is 0.744 bits per heavy atom. The number of nitrogens with zero attached hydrogens (tertiary/aromatic N) is 1. The average molecular weight is 542 g/mol. The summed E-state index contributed by atoms with van der Waals surface area (Å²) < 4.78 is 2.85. The second-order valence-electron chi connectivity index (χ2n) is 11.6. The van der Waals surface area contributed by atoms with Crippen LogP contribution in [0.3, 0.4) is 0 Å². The molecule has 0 saturated carbocycles. The van der Waals surface area contributed by atoms with E-state index in [4.69, 9.17) is 4.98 Å². The van der Waals surface area contributed by atoms with Crippen molar-refractivity contribution in [1.82, 2.24) is 4.98 Å². The van der Waals surface area contributed by atoms with Crippen LogP contribution in [0.25, 0.3) is 32.1 Å². The lowest BCUT2D eigenvalue weighted by Gasteiger charge is -2.32. The van der Waals surface area contributed by atoms with E-state index in [1.54, 1.807) is 4.50 Å². The molecular weight excluding hydrogens is 507 g/mol. The van der Waals surface area contributed by atoms with E-state index >= 15 is 0 Å². The molecule has 0 unspecified atom stereocenters. The number of hydrogen-bond donors (Lipinski definition) is 0. The van der Waals surface area contributed by atoms with Gasteiger partial charge in [0.15, 0.2) is 8.07 Å². The Balaban J connectivity index is 1.65. The van der Waals surface area contributed by atoms with Gasteiger partial charge >= 0.3 is 0 Å². The van der Waals surface area contributed by atoms with E-state index in [1.807, 2.05) is 17.5 Å². The number of pyridine rings is 1. The number of aromatic nitrogens is 1. The summed E-state index contributed by atoms with van der Waals surface area (Å²) in [5.74, 6) is 0. The number of fused-ring (bicyclic) bond motifs is 2. The van der Waals surface area contributed by atoms with Crippen LogP contribution in [0.15, 0.2) is 109 Å². The Morgan fingerprint density at radius 2 is 1.36 bits per heavy atom. The molecule has 0 spiro atoms. The fourth-order valence-electron chi connectivity index (χ4n) is 6.27. The van der Waals surface area contributed by atoms with Gasteiger partial charge in [0.1, 0.15) is 0 Å². The summed E-state index contributed by atoms with van der Waals surface area (Å²) in [5, 5.41) is 6.89. The third-order valence-electron chi connectivity index (χ3n) is 8.25. The zero-order valence-electron chi connectivity index (χ0n) is 23.5. The molecule has 0 N–H and O–H groups in total. The molecule has 0 radical (unpaired) electrons. The van der Waals surface area contributed by atoms with Crippen LogP contribution in [0.5, 0.6) is 0 Å². The SMILES string of the molecule is CC[Si](c1ccccc1)(c1ccccc1)c1sc2c(-c3cc(C(C)(C)C)c4ccccc4c3)nccc2c1C. The third-order valence-corrected chi connectivity index (χ3v) is 15.6. The Bertz CT molecular complexity index is 1740. The summed E-state index contributed by atoms with van der Waals surface area (Å²) in [5.41, 5.74) is 5.12. The van der Waals surface area contributed by atoms with Gasteiger partial charge in [-0.05, 0) is 74.2 Å². The first-order valence-electron chi connectivity index (χ1n) is 13.9. The van der Waals surface area contributed by atoms with Crippen molar-refractivity contribution >= 4 is 55.1 Å². The van der Waals surface area contributed by atoms with Gasteiger partial charge in [-0.25, -0.2) is 0 Å². The number of hydrogen-bond acceptors (Lipinski definition) is 2. The summed E-state index contributed by atoms with van der Waals surface area (Å²) in [6.45, 7) is 11.6. The zero-order chi connectivity index (χ0) is 27.2. The molecule has 39 heavy (non-hydrogen) atoms. The number of aryl methyl sites for hydroxylation is 1. The minimum Gasteiger partial charge on any atom is -0.255 e. The van der Waals surface area contributed by atoms with Crippen LogP contribution < -0.4 is 14.9 Å². The van der Waals surface area contributed by atoms with E-state index < -0.39 is 8.07 Å². The summed E-state index contributed by atoms with van der Waals surface area (Å²) in [6, 6.07) is 39.3. The monoisotopic (exact) mass is 541 g/mol. The number of rotatable bonds is 5. The molecule has 0 bridgehead atoms. The van der Waals surface area contributed by atoms with Gasteiger partial charge in [-0.1, -0.05) is 113 Å². The van der Waals surface area contributed by atoms with E-state index in [1.165, 1.54) is 47.9 Å². The van der Waals surface area contributed by atoms with Crippen molar-refractivity contribution in [2.45, 2.75) is 46.1 Å². The maximum Gasteiger partial charge on any atom is 0.160 e. The summed E-state index contributed by atoms with van der Waals surface area (Å²) >= 11 is 1.98. The predicted octanol–water partition coefficient (Wildman–Crippen LogP) is 8.21. The zero-order valence-corrected chi connectivity index (χ0v) is 25.3. The van der Waals surface area contributed by atoms with Crippen molar-refractivity contribution in [3.05, 3.63) is 120 Å². The lowest BCUT2D eigenvalue weighted by molar-refractivity contribution is 0.596. The number of thiophene rings is 1. The normalized spacial score (nSPS) is 12.3. The molecule has 0 atom stereocenters. The molecule has 0 amide bonds. The third kappa shape index (κ3) is 4.25. The van der Waals surface area contributed by atoms with E-state index in [0.717, 1.165) is 11.7 Å². The van der Waals surface area contributed by atoms with E-state index in [9.17, 15) is 0 Å². The van der Waals surface area contributed by atoms with Gasteiger partial charge < -0.3 is 0 Å². The molecule has 0 aliphatic heterocycles. The first-order valence-corrected chi connectivity index (χ1v) is 16.9. The van der Waals surface area contributed by atoms with Crippen LogP contribution in [0.2, 0.25) is 6.04 Å². The Kier molecular flexibility index (Phi) is 6.53. The molecular formula is C36H35NSSi. The van der Waals surface area contributed by atoms with Crippen LogP contribution in [-0.2, 0) is 5.41 Å². The summed E-state index contributed by atoms with van der Waals surface area (Å²) in [6.07, 6.45) is 2.01. The van der Waals surface area contributed by atoms with Crippen LogP contribution in [0.1, 0.15) is 38.8 Å². The molecule has 6 rings (SSSR count). The summed E-state index contributed by atoms with van der Waals surface area (Å²) in [4.78, 5) is 5.04. The second kappa shape index (κ2) is 9.89. The van der Waals surface area contributed by atoms with E-state index in [0.29, 0.717) is 0 Å². The molecule has 2 heterocycles. The second-order valence-corrected chi connectivity index (χ2v) is 17.1. The van der Waals surface area contributed by atoms with Crippen LogP contribution in [-0.4, -0.2) is 13.1 Å². The maximum absolute atomic E-state index is 5.04. The van der Waals surface area contributed by atoms with Gasteiger partial charge in [0.25, 0.3) is 0 Å². The molecule has 1 nitrogen and oxygen atoms in total. The largest absolute Gasteiger partial charge is 0.255 e. The molecule has 2 aromatic heterocycles. The van der Waals surface area contributed by atoms with Crippen molar-refractivity contribution in [2.75, 3.05) is 0 Å². The van der Waals surface area contributed by atoms with Gasteiger partial charge in [0, 0.05) is 16.3 Å². The molecule has 3 heteroatoms. The minimum absolute atomic E-state index is 0.0327. The molecule has 0 aliphatic carbocycles. The van der Waals surface area contributed by atoms with Crippen molar-refractivity contribution in [2.24, 2.45) is 0 Å². The standard InChI is InChI=1S/C36H35NSSi/c1-6-39(28-16-9-7-10-17-28,29-18-11-8-12-19-29)35-25(2)30-21-22-37-33(34(30)38-35)27-23-26-15-13-14-20-31(26)32(24-27)36(3,4)5/h7-24H,6H2,1-5H3. The quantitative estimate of drug-likeness (QED) is 0.200. The molecule has 0 saturated heterocycles. The highest BCUT2D eigenvalue weighted by atomic mass is 32.1. The Hall–Kier alpha value is -3.53. The van der Waals surface area contributed by atoms with E-state index in [-0.39, 0.29) is 5.41 Å². The Labute approximate surface area is 237 Å². The van der Waals surface area contributed by atoms with Gasteiger partial charge in [-0.15, -0.1) is 11.3 Å². The fraction of sp³-hybridized carbons (Fsp3) is 0.194. The molecule has 0 fully saturated rings. The van der Waals surface area contributed by atoms with Crippen molar-refractivity contribution in [1.29, 1.82) is 0 Å². The lowest BCUT2D eigenvalue weighted by Crippen LogP contribution is -2.66. The maximum atomic E-state index is 5.04. The predicted molar refractivity (Wildman–Crippen MR) is 174 cm³/mol. The average Bonchev–Trinajstić information content (AvgIpc) is 3.30. The molecule has 6 aromatic rings. The lowest BCUT2D eigenvalue weighted by atomic mass is 9.82. The summed E-state index contributed by atoms with van der Waals surface area (Å²) in [7, 11) is -2.24. The van der Waals surface area contributed by atoms with Crippen molar-refractivity contribution in [3.63, 3.8) is 0 Å². The van der Waals surface area contributed by atoms with Crippen LogP contribution in [0.4, 0.5) is 0 Å². The number of benzene rings is 4. The van der Waals surface area contributed by atoms with Crippen molar-refractivity contribution < 1.29 is 0 Å². The topological polar surface area (TPSA) is 12.9 Å². The molecule has 0 aliphatic rings. The molecule has 194 valence electrons. The highest BCUT2D eigenvalue weighted by molar-refractivity contribution is 7.37. The van der Waals surface area contributed by atoms with Crippen LogP contribution in [0, 0.1) is 6.92 Å². The first kappa shape index (κ1) is 25.7. The molecule has 4 aromatic carbocycles. The first-order chi connectivity index (χ1) is 18.8. The fourth-order valence-corrected chi connectivity index (χ4v) is 13.8. The highest BCUT2D eigenvalue weighted by Crippen LogP contribution is 2.39. The minimum atomic E-state index is -2.24. The van der Waals surface area contributed by atoms with Gasteiger partial charge in [0.2, 0.25) is 0 Å². The Morgan fingerprint density at radius 3 is 1.97 bits per heavy atom. The van der Waals surface area contributed by atoms with E-state index in [2.05, 4.69) is 138 Å². The highest BCUT2D eigenvalue weighted by Gasteiger charge is 2.40. The van der Waals surface area contributed by atoms with Crippen LogP contribution >= 0.6 is 11.3 Å². The smallest absolute Gasteiger partial charge is 0.160 e. The van der Waals surface area contributed by atoms with Gasteiger partial charge in [-0.3, -0.25) is 4.98 Å². The van der Waals surface area contributed by atoms with Gasteiger partial charge in [-0.2, -0.15) is 0 Å². The van der Waals surface area contributed by atoms with Gasteiger partial charge in [0.05, 0.1) is 10.4 Å². The van der Waals surface area contributed by atoms with Crippen molar-refractivity contribution in [3.8, 4) is 11.3 Å².